The van der Waals surface area contributed by atoms with E-state index in [0.29, 0.717) is 6.04 Å². The van der Waals surface area contributed by atoms with Gasteiger partial charge < -0.3 is 5.32 Å². The van der Waals surface area contributed by atoms with Gasteiger partial charge in [0.1, 0.15) is 0 Å². The minimum atomic E-state index is 0.304. The van der Waals surface area contributed by atoms with E-state index in [1.807, 2.05) is 23.7 Å². The van der Waals surface area contributed by atoms with Gasteiger partial charge in [-0.05, 0) is 44.5 Å². The van der Waals surface area contributed by atoms with E-state index in [0.717, 1.165) is 0 Å². The summed E-state index contributed by atoms with van der Waals surface area (Å²) in [5.41, 5.74) is 2.55. The third kappa shape index (κ3) is 2.41. The van der Waals surface area contributed by atoms with Crippen LogP contribution in [0.3, 0.4) is 0 Å². The van der Waals surface area contributed by atoms with Crippen molar-refractivity contribution in [3.8, 4) is 0 Å². The molecular formula is C17H18N2S. The minimum Gasteiger partial charge on any atom is -0.378 e. The number of rotatable bonds is 3. The number of nitrogens with one attached hydrogen (secondary N) is 1. The summed E-state index contributed by atoms with van der Waals surface area (Å²) < 4.78 is 0. The van der Waals surface area contributed by atoms with Crippen molar-refractivity contribution in [3.63, 3.8) is 0 Å². The van der Waals surface area contributed by atoms with Crippen LogP contribution in [-0.4, -0.2) is 4.98 Å². The zero-order valence-electron chi connectivity index (χ0n) is 12.0. The Balaban J connectivity index is 1.95. The van der Waals surface area contributed by atoms with Crippen molar-refractivity contribution in [2.45, 2.75) is 26.8 Å². The van der Waals surface area contributed by atoms with E-state index in [-0.39, 0.29) is 0 Å². The van der Waals surface area contributed by atoms with E-state index in [1.165, 1.54) is 31.8 Å². The molecular weight excluding hydrogens is 264 g/mol. The summed E-state index contributed by atoms with van der Waals surface area (Å²) in [6, 6.07) is 11.0. The lowest BCUT2D eigenvalue weighted by Crippen LogP contribution is -2.07. The van der Waals surface area contributed by atoms with Gasteiger partial charge in [-0.2, -0.15) is 0 Å². The first-order chi connectivity index (χ1) is 9.65. The smallest absolute Gasteiger partial charge is 0.0496 e. The Bertz CT molecular complexity index is 740. The molecule has 2 heterocycles. The lowest BCUT2D eigenvalue weighted by molar-refractivity contribution is 0.883. The molecule has 0 bridgehead atoms. The lowest BCUT2D eigenvalue weighted by Gasteiger charge is -2.17. The Morgan fingerprint density at radius 2 is 2.05 bits per heavy atom. The van der Waals surface area contributed by atoms with Crippen LogP contribution in [0.5, 0.6) is 0 Å². The number of hydrogen-bond donors (Lipinski definition) is 1. The van der Waals surface area contributed by atoms with Crippen molar-refractivity contribution in [3.05, 3.63) is 58.0 Å². The van der Waals surface area contributed by atoms with Crippen molar-refractivity contribution < 1.29 is 0 Å². The Morgan fingerprint density at radius 1 is 1.20 bits per heavy atom. The van der Waals surface area contributed by atoms with Crippen LogP contribution < -0.4 is 5.32 Å². The van der Waals surface area contributed by atoms with Gasteiger partial charge in [-0.25, -0.2) is 0 Å². The maximum absolute atomic E-state index is 4.18. The first-order valence-corrected chi connectivity index (χ1v) is 7.63. The zero-order valence-corrected chi connectivity index (χ0v) is 12.8. The molecule has 1 atom stereocenters. The van der Waals surface area contributed by atoms with E-state index < -0.39 is 0 Å². The van der Waals surface area contributed by atoms with Gasteiger partial charge in [-0.15, -0.1) is 11.3 Å². The fourth-order valence-electron chi connectivity index (χ4n) is 2.64. The predicted molar refractivity (Wildman–Crippen MR) is 87.6 cm³/mol. The number of fused-ring (bicyclic) bond motifs is 1. The number of anilines is 1. The van der Waals surface area contributed by atoms with Crippen molar-refractivity contribution in [2.24, 2.45) is 0 Å². The van der Waals surface area contributed by atoms with Gasteiger partial charge in [0.25, 0.3) is 0 Å². The fourth-order valence-corrected chi connectivity index (χ4v) is 3.66. The highest BCUT2D eigenvalue weighted by Gasteiger charge is 2.12. The van der Waals surface area contributed by atoms with Crippen LogP contribution in [0.4, 0.5) is 5.69 Å². The van der Waals surface area contributed by atoms with Crippen LogP contribution in [0.1, 0.15) is 28.3 Å². The van der Waals surface area contributed by atoms with Crippen molar-refractivity contribution in [1.82, 2.24) is 4.98 Å². The number of nitrogens with zero attached hydrogens (tertiary/aromatic N) is 1. The molecule has 0 saturated carbocycles. The third-order valence-corrected chi connectivity index (χ3v) is 4.58. The van der Waals surface area contributed by atoms with E-state index in [4.69, 9.17) is 0 Å². The standard InChI is InChI=1S/C17H18N2S/c1-11-9-16(13(3)20-11)12(2)19-17-6-4-5-14-10-18-8-7-15(14)17/h4-10,12,19H,1-3H3. The molecule has 20 heavy (non-hydrogen) atoms. The van der Waals surface area contributed by atoms with Gasteiger partial charge in [0, 0.05) is 44.6 Å². The lowest BCUT2D eigenvalue weighted by atomic mass is 10.1. The molecule has 2 nitrogen and oxygen atoms in total. The Hall–Kier alpha value is -1.87. The highest BCUT2D eigenvalue weighted by atomic mass is 32.1. The summed E-state index contributed by atoms with van der Waals surface area (Å²) in [7, 11) is 0. The number of hydrogen-bond acceptors (Lipinski definition) is 3. The fraction of sp³-hybridized carbons (Fsp3) is 0.235. The second-order valence-corrected chi connectivity index (χ2v) is 6.60. The molecule has 2 aromatic heterocycles. The summed E-state index contributed by atoms with van der Waals surface area (Å²) in [4.78, 5) is 6.94. The summed E-state index contributed by atoms with van der Waals surface area (Å²) in [5.74, 6) is 0. The number of benzene rings is 1. The van der Waals surface area contributed by atoms with Crippen LogP contribution in [-0.2, 0) is 0 Å². The summed E-state index contributed by atoms with van der Waals surface area (Å²) >= 11 is 1.86. The second-order valence-electron chi connectivity index (χ2n) is 5.14. The molecule has 102 valence electrons. The number of thiophene rings is 1. The molecule has 1 N–H and O–H groups in total. The summed E-state index contributed by atoms with van der Waals surface area (Å²) in [5, 5.41) is 6.02. The molecule has 0 aliphatic carbocycles. The van der Waals surface area contributed by atoms with Gasteiger partial charge in [0.2, 0.25) is 0 Å². The summed E-state index contributed by atoms with van der Waals surface area (Å²) in [6.45, 7) is 6.57. The topological polar surface area (TPSA) is 24.9 Å². The monoisotopic (exact) mass is 282 g/mol. The SMILES string of the molecule is Cc1cc(C(C)Nc2cccc3cnccc23)c(C)s1. The average Bonchev–Trinajstić information content (AvgIpc) is 2.78. The van der Waals surface area contributed by atoms with E-state index >= 15 is 0 Å². The molecule has 0 amide bonds. The Labute approximate surface area is 123 Å². The normalized spacial score (nSPS) is 12.6. The molecule has 1 unspecified atom stereocenters. The molecule has 3 rings (SSSR count). The maximum atomic E-state index is 4.18. The summed E-state index contributed by atoms with van der Waals surface area (Å²) in [6.07, 6.45) is 3.75. The molecule has 0 aliphatic rings. The molecule has 1 aromatic carbocycles. The van der Waals surface area contributed by atoms with Crippen LogP contribution in [0.25, 0.3) is 10.8 Å². The second kappa shape index (κ2) is 5.25. The highest BCUT2D eigenvalue weighted by molar-refractivity contribution is 7.12. The molecule has 0 saturated heterocycles. The molecule has 0 fully saturated rings. The molecule has 3 heteroatoms. The molecule has 0 aliphatic heterocycles. The van der Waals surface area contributed by atoms with Crippen molar-refractivity contribution in [1.29, 1.82) is 0 Å². The quantitative estimate of drug-likeness (QED) is 0.724. The number of aromatic nitrogens is 1. The molecule has 3 aromatic rings. The maximum Gasteiger partial charge on any atom is 0.0496 e. The van der Waals surface area contributed by atoms with E-state index in [2.05, 4.69) is 61.4 Å². The van der Waals surface area contributed by atoms with Gasteiger partial charge >= 0.3 is 0 Å². The van der Waals surface area contributed by atoms with Crippen LogP contribution in [0, 0.1) is 13.8 Å². The van der Waals surface area contributed by atoms with E-state index in [9.17, 15) is 0 Å². The van der Waals surface area contributed by atoms with Gasteiger partial charge in [0.05, 0.1) is 0 Å². The first kappa shape index (κ1) is 13.1. The highest BCUT2D eigenvalue weighted by Crippen LogP contribution is 2.31. The van der Waals surface area contributed by atoms with Crippen LogP contribution in [0.15, 0.2) is 42.7 Å². The molecule has 0 radical (unpaired) electrons. The average molecular weight is 282 g/mol. The minimum absolute atomic E-state index is 0.304. The number of pyridine rings is 1. The number of aryl methyl sites for hydroxylation is 2. The third-order valence-electron chi connectivity index (χ3n) is 3.60. The van der Waals surface area contributed by atoms with Crippen LogP contribution in [0.2, 0.25) is 0 Å². The zero-order chi connectivity index (χ0) is 14.1. The van der Waals surface area contributed by atoms with E-state index in [1.54, 1.807) is 0 Å². The van der Waals surface area contributed by atoms with Crippen molar-refractivity contribution in [2.75, 3.05) is 5.32 Å². The van der Waals surface area contributed by atoms with Crippen molar-refractivity contribution >= 4 is 27.8 Å². The Kier molecular flexibility index (Phi) is 3.45. The Morgan fingerprint density at radius 3 is 2.80 bits per heavy atom. The predicted octanol–water partition coefficient (Wildman–Crippen LogP) is 5.09. The van der Waals surface area contributed by atoms with Gasteiger partial charge in [-0.1, -0.05) is 12.1 Å². The largest absolute Gasteiger partial charge is 0.378 e. The van der Waals surface area contributed by atoms with Gasteiger partial charge in [0.15, 0.2) is 0 Å². The van der Waals surface area contributed by atoms with Gasteiger partial charge in [-0.3, -0.25) is 4.98 Å². The van der Waals surface area contributed by atoms with Crippen LogP contribution >= 0.6 is 11.3 Å². The first-order valence-electron chi connectivity index (χ1n) is 6.81. The molecule has 0 spiro atoms.